The molecule has 0 saturated carbocycles. The molecule has 0 bridgehead atoms. The number of carbonyl (C=O) groups excluding carboxylic acids is 1. The van der Waals surface area contributed by atoms with Crippen LogP contribution in [-0.2, 0) is 6.18 Å². The first kappa shape index (κ1) is 15.7. The Balaban J connectivity index is 2.23. The summed E-state index contributed by atoms with van der Waals surface area (Å²) in [5.74, 6) is -0.722. The molecule has 0 aliphatic carbocycles. The molecule has 116 valence electrons. The van der Waals surface area contributed by atoms with E-state index in [1.165, 1.54) is 12.3 Å². The summed E-state index contributed by atoms with van der Waals surface area (Å²) in [4.78, 5) is 21.2. The highest BCUT2D eigenvalue weighted by atomic mass is 19.4. The molecule has 0 aliphatic rings. The Kier molecular flexibility index (Phi) is 4.30. The Hall–Kier alpha value is -2.64. The molecule has 0 radical (unpaired) electrons. The molecule has 2 aromatic rings. The van der Waals surface area contributed by atoms with Gasteiger partial charge in [-0.2, -0.15) is 13.2 Å². The first-order valence-corrected chi connectivity index (χ1v) is 6.25. The minimum Gasteiger partial charge on any atom is -0.376 e. The van der Waals surface area contributed by atoms with Crippen molar-refractivity contribution in [2.45, 2.75) is 6.18 Å². The zero-order chi connectivity index (χ0) is 16.3. The van der Waals surface area contributed by atoms with Crippen molar-refractivity contribution >= 4 is 17.4 Å². The number of alkyl halides is 3. The Morgan fingerprint density at radius 3 is 2.45 bits per heavy atom. The third-order valence-corrected chi connectivity index (χ3v) is 2.88. The van der Waals surface area contributed by atoms with Crippen molar-refractivity contribution in [3.8, 4) is 0 Å². The van der Waals surface area contributed by atoms with Crippen LogP contribution >= 0.6 is 0 Å². The van der Waals surface area contributed by atoms with Gasteiger partial charge in [-0.25, -0.2) is 4.98 Å². The highest BCUT2D eigenvalue weighted by Gasteiger charge is 2.35. The predicted octanol–water partition coefficient (Wildman–Crippen LogP) is 2.81. The normalized spacial score (nSPS) is 11.1. The maximum Gasteiger partial charge on any atom is 0.418 e. The molecular formula is C14H13F3N4O. The van der Waals surface area contributed by atoms with Gasteiger partial charge in [-0.1, -0.05) is 0 Å². The van der Waals surface area contributed by atoms with Crippen molar-refractivity contribution in [1.29, 1.82) is 0 Å². The average molecular weight is 310 g/mol. The first-order valence-electron chi connectivity index (χ1n) is 6.25. The molecule has 5 nitrogen and oxygen atoms in total. The quantitative estimate of drug-likeness (QED) is 0.947. The number of nitrogens with zero attached hydrogens (tertiary/aromatic N) is 3. The third-order valence-electron chi connectivity index (χ3n) is 2.88. The largest absolute Gasteiger partial charge is 0.418 e. The molecule has 0 fully saturated rings. The lowest BCUT2D eigenvalue weighted by molar-refractivity contribution is -0.138. The van der Waals surface area contributed by atoms with Gasteiger partial charge in [0.05, 0.1) is 23.0 Å². The molecule has 0 atom stereocenters. The second kappa shape index (κ2) is 6.00. The van der Waals surface area contributed by atoms with Crippen LogP contribution in [0.4, 0.5) is 24.7 Å². The molecule has 0 spiro atoms. The predicted molar refractivity (Wildman–Crippen MR) is 75.8 cm³/mol. The minimum absolute atomic E-state index is 0.167. The smallest absolute Gasteiger partial charge is 0.376 e. The number of aromatic nitrogens is 2. The zero-order valence-electron chi connectivity index (χ0n) is 11.8. The fraction of sp³-hybridized carbons (Fsp3) is 0.214. The highest BCUT2D eigenvalue weighted by Crippen LogP contribution is 2.31. The average Bonchev–Trinajstić information content (AvgIpc) is 2.47. The number of hydrogen-bond acceptors (Lipinski definition) is 4. The number of pyridine rings is 2. The molecule has 2 rings (SSSR count). The van der Waals surface area contributed by atoms with Crippen LogP contribution in [0, 0.1) is 0 Å². The molecule has 0 aromatic carbocycles. The molecule has 0 aliphatic heterocycles. The lowest BCUT2D eigenvalue weighted by Crippen LogP contribution is -2.19. The van der Waals surface area contributed by atoms with Gasteiger partial charge < -0.3 is 10.2 Å². The Bertz CT molecular complexity index is 669. The van der Waals surface area contributed by atoms with Gasteiger partial charge in [0.15, 0.2) is 0 Å². The number of nitrogens with one attached hydrogen (secondary N) is 1. The van der Waals surface area contributed by atoms with Gasteiger partial charge in [0.25, 0.3) is 5.91 Å². The first-order chi connectivity index (χ1) is 10.3. The van der Waals surface area contributed by atoms with Crippen LogP contribution in [0.15, 0.2) is 36.8 Å². The molecule has 1 N–H and O–H groups in total. The van der Waals surface area contributed by atoms with Crippen molar-refractivity contribution in [2.75, 3.05) is 24.3 Å². The van der Waals surface area contributed by atoms with Gasteiger partial charge in [-0.05, 0) is 18.2 Å². The van der Waals surface area contributed by atoms with Gasteiger partial charge in [-0.3, -0.25) is 9.78 Å². The van der Waals surface area contributed by atoms with E-state index in [2.05, 4.69) is 15.3 Å². The minimum atomic E-state index is -4.65. The van der Waals surface area contributed by atoms with Crippen molar-refractivity contribution in [3.05, 3.63) is 47.9 Å². The van der Waals surface area contributed by atoms with Gasteiger partial charge in [0, 0.05) is 26.5 Å². The van der Waals surface area contributed by atoms with Crippen LogP contribution in [0.3, 0.4) is 0 Å². The summed E-state index contributed by atoms with van der Waals surface area (Å²) >= 11 is 0. The van der Waals surface area contributed by atoms with Crippen LogP contribution in [0.25, 0.3) is 0 Å². The summed E-state index contributed by atoms with van der Waals surface area (Å²) in [6.07, 6.45) is -1.39. The number of carbonyl (C=O) groups is 1. The Morgan fingerprint density at radius 2 is 1.91 bits per heavy atom. The number of rotatable bonds is 3. The Morgan fingerprint density at radius 1 is 1.18 bits per heavy atom. The fourth-order valence-electron chi connectivity index (χ4n) is 1.73. The topological polar surface area (TPSA) is 58.1 Å². The van der Waals surface area contributed by atoms with E-state index in [0.29, 0.717) is 6.20 Å². The number of anilines is 2. The zero-order valence-corrected chi connectivity index (χ0v) is 11.8. The van der Waals surface area contributed by atoms with Crippen molar-refractivity contribution in [3.63, 3.8) is 0 Å². The summed E-state index contributed by atoms with van der Waals surface area (Å²) in [7, 11) is 3.64. The van der Waals surface area contributed by atoms with E-state index in [1.807, 2.05) is 19.0 Å². The Labute approximate surface area is 124 Å². The summed E-state index contributed by atoms with van der Waals surface area (Å²) in [5.41, 5.74) is -0.781. The van der Waals surface area contributed by atoms with Gasteiger partial charge in [0.1, 0.15) is 5.82 Å². The van der Waals surface area contributed by atoms with Gasteiger partial charge in [0.2, 0.25) is 0 Å². The van der Waals surface area contributed by atoms with E-state index >= 15 is 0 Å². The van der Waals surface area contributed by atoms with Crippen molar-refractivity contribution in [1.82, 2.24) is 9.97 Å². The number of amides is 1. The molecule has 2 heterocycles. The monoisotopic (exact) mass is 310 g/mol. The van der Waals surface area contributed by atoms with Crippen molar-refractivity contribution < 1.29 is 18.0 Å². The number of hydrogen-bond donors (Lipinski definition) is 1. The molecule has 0 saturated heterocycles. The van der Waals surface area contributed by atoms with E-state index in [1.54, 1.807) is 6.07 Å². The fourth-order valence-corrected chi connectivity index (χ4v) is 1.73. The lowest BCUT2D eigenvalue weighted by Gasteiger charge is -2.13. The second-order valence-electron chi connectivity index (χ2n) is 4.67. The standard InChI is InChI=1S/C14H13F3N4O/c1-21(2)9-3-4-12(19-7-9)20-13(22)10-5-6-18-8-11(10)14(15,16)17/h3-8H,1-2H3,(H,19,20,22). The van der Waals surface area contributed by atoms with E-state index in [9.17, 15) is 18.0 Å². The highest BCUT2D eigenvalue weighted by molar-refractivity contribution is 6.04. The molecular weight excluding hydrogens is 297 g/mol. The van der Waals surface area contributed by atoms with E-state index in [-0.39, 0.29) is 5.82 Å². The maximum absolute atomic E-state index is 12.8. The van der Waals surface area contributed by atoms with Crippen LogP contribution in [-0.4, -0.2) is 30.0 Å². The summed E-state index contributed by atoms with van der Waals surface area (Å²) in [5, 5.41) is 2.34. The summed E-state index contributed by atoms with van der Waals surface area (Å²) in [6, 6.07) is 4.23. The van der Waals surface area contributed by atoms with Crippen LogP contribution < -0.4 is 10.2 Å². The molecule has 2 aromatic heterocycles. The summed E-state index contributed by atoms with van der Waals surface area (Å²) in [6.45, 7) is 0. The van der Waals surface area contributed by atoms with E-state index in [0.717, 1.165) is 18.0 Å². The van der Waals surface area contributed by atoms with Crippen LogP contribution in [0.1, 0.15) is 15.9 Å². The number of halogens is 3. The maximum atomic E-state index is 12.8. The van der Waals surface area contributed by atoms with Gasteiger partial charge in [-0.15, -0.1) is 0 Å². The molecule has 22 heavy (non-hydrogen) atoms. The lowest BCUT2D eigenvalue weighted by atomic mass is 10.1. The van der Waals surface area contributed by atoms with Crippen LogP contribution in [0.5, 0.6) is 0 Å². The SMILES string of the molecule is CN(C)c1ccc(NC(=O)c2ccncc2C(F)(F)F)nc1. The molecule has 8 heteroatoms. The molecule has 0 unspecified atom stereocenters. The summed E-state index contributed by atoms with van der Waals surface area (Å²) < 4.78 is 38.5. The molecule has 1 amide bonds. The third kappa shape index (κ3) is 3.51. The second-order valence-corrected chi connectivity index (χ2v) is 4.67. The van der Waals surface area contributed by atoms with E-state index in [4.69, 9.17) is 0 Å². The van der Waals surface area contributed by atoms with Crippen LogP contribution in [0.2, 0.25) is 0 Å². The van der Waals surface area contributed by atoms with Gasteiger partial charge >= 0.3 is 6.18 Å². The van der Waals surface area contributed by atoms with Crippen molar-refractivity contribution in [2.24, 2.45) is 0 Å². The van der Waals surface area contributed by atoms with E-state index < -0.39 is 23.2 Å².